The van der Waals surface area contributed by atoms with E-state index in [0.717, 1.165) is 89.9 Å². The van der Waals surface area contributed by atoms with Crippen molar-refractivity contribution in [1.29, 1.82) is 0 Å². The monoisotopic (exact) mass is 948 g/mol. The van der Waals surface area contributed by atoms with Gasteiger partial charge in [-0.25, -0.2) is 4.57 Å². The molecule has 0 amide bonds. The van der Waals surface area contributed by atoms with Gasteiger partial charge in [0, 0.05) is 12.8 Å². The molecule has 380 valence electrons. The van der Waals surface area contributed by atoms with E-state index in [1.54, 1.807) is 0 Å². The number of allylic oxidation sites excluding steroid dienone is 12. The molecule has 0 saturated heterocycles. The summed E-state index contributed by atoms with van der Waals surface area (Å²) in [5.41, 5.74) is 5.35. The van der Waals surface area contributed by atoms with Gasteiger partial charge in [-0.05, 0) is 83.5 Å². The van der Waals surface area contributed by atoms with Crippen LogP contribution in [0, 0.1) is 0 Å². The third-order valence-corrected chi connectivity index (χ3v) is 11.9. The number of carbonyl (C=O) groups excluding carboxylic acids is 2. The fourth-order valence-corrected chi connectivity index (χ4v) is 7.69. The van der Waals surface area contributed by atoms with Gasteiger partial charge in [0.25, 0.3) is 0 Å². The molecule has 4 N–H and O–H groups in total. The summed E-state index contributed by atoms with van der Waals surface area (Å²) in [5, 5.41) is 8.93. The number of hydrogen-bond donors (Lipinski definition) is 3. The van der Waals surface area contributed by atoms with E-state index in [-0.39, 0.29) is 19.4 Å². The summed E-state index contributed by atoms with van der Waals surface area (Å²) in [6.45, 7) is 2.68. The first-order valence-electron chi connectivity index (χ1n) is 26.0. The number of carboxylic acid groups (broad SMARTS) is 1. The predicted molar refractivity (Wildman–Crippen MR) is 272 cm³/mol. The van der Waals surface area contributed by atoms with Gasteiger partial charge in [-0.15, -0.1) is 0 Å². The lowest BCUT2D eigenvalue weighted by molar-refractivity contribution is -0.161. The van der Waals surface area contributed by atoms with E-state index in [1.165, 1.54) is 89.9 Å². The maximum absolute atomic E-state index is 12.7. The van der Waals surface area contributed by atoms with Crippen LogP contribution in [0.15, 0.2) is 72.9 Å². The van der Waals surface area contributed by atoms with E-state index >= 15 is 0 Å². The predicted octanol–water partition coefficient (Wildman–Crippen LogP) is 14.8. The second-order valence-electron chi connectivity index (χ2n) is 17.3. The highest BCUT2D eigenvalue weighted by Crippen LogP contribution is 2.43. The van der Waals surface area contributed by atoms with Crippen LogP contribution >= 0.6 is 7.82 Å². The molecule has 0 bridgehead atoms. The molecule has 12 heteroatoms. The minimum absolute atomic E-state index is 0.142. The summed E-state index contributed by atoms with van der Waals surface area (Å²) in [5.74, 6) is -2.40. The Balaban J connectivity index is 4.26. The minimum Gasteiger partial charge on any atom is -0.480 e. The van der Waals surface area contributed by atoms with Crippen molar-refractivity contribution < 1.29 is 47.5 Å². The van der Waals surface area contributed by atoms with Gasteiger partial charge in [0.05, 0.1) is 13.2 Å². The number of aliphatic carboxylic acids is 1. The highest BCUT2D eigenvalue weighted by atomic mass is 31.2. The van der Waals surface area contributed by atoms with Crippen LogP contribution in [0.1, 0.15) is 219 Å². The average Bonchev–Trinajstić information content (AvgIpc) is 3.30. The van der Waals surface area contributed by atoms with Crippen LogP contribution in [-0.2, 0) is 37.5 Å². The quantitative estimate of drug-likeness (QED) is 0.0229. The van der Waals surface area contributed by atoms with Gasteiger partial charge < -0.3 is 25.2 Å². The Bertz CT molecular complexity index is 1390. The average molecular weight is 948 g/mol. The number of phosphoric acid groups is 1. The molecule has 0 rings (SSSR count). The number of esters is 2. The largest absolute Gasteiger partial charge is 0.480 e. The highest BCUT2D eigenvalue weighted by Gasteiger charge is 2.28. The van der Waals surface area contributed by atoms with Crippen molar-refractivity contribution in [3.05, 3.63) is 72.9 Å². The zero-order chi connectivity index (χ0) is 48.4. The molecule has 0 aliphatic rings. The van der Waals surface area contributed by atoms with Gasteiger partial charge in [0.15, 0.2) is 6.10 Å². The molecular weight excluding hydrogens is 854 g/mol. The first kappa shape index (κ1) is 62.9. The van der Waals surface area contributed by atoms with Gasteiger partial charge >= 0.3 is 25.7 Å². The van der Waals surface area contributed by atoms with Crippen molar-refractivity contribution >= 4 is 25.7 Å². The first-order valence-corrected chi connectivity index (χ1v) is 27.5. The Kier molecular flexibility index (Phi) is 46.1. The number of nitrogens with two attached hydrogens (primary N) is 1. The van der Waals surface area contributed by atoms with Crippen LogP contribution in [0.3, 0.4) is 0 Å². The lowest BCUT2D eigenvalue weighted by Crippen LogP contribution is -2.34. The molecule has 0 radical (unpaired) electrons. The van der Waals surface area contributed by atoms with E-state index in [2.05, 4.69) is 91.3 Å². The van der Waals surface area contributed by atoms with E-state index < -0.39 is 51.1 Å². The fraction of sp³-hybridized carbons (Fsp3) is 0.722. The molecule has 0 fully saturated rings. The smallest absolute Gasteiger partial charge is 0.472 e. The zero-order valence-corrected chi connectivity index (χ0v) is 42.4. The molecule has 0 aliphatic carbocycles. The van der Waals surface area contributed by atoms with E-state index in [4.69, 9.17) is 24.8 Å². The van der Waals surface area contributed by atoms with E-state index in [1.807, 2.05) is 0 Å². The Morgan fingerprint density at radius 3 is 1.27 bits per heavy atom. The van der Waals surface area contributed by atoms with Crippen molar-refractivity contribution in [3.8, 4) is 0 Å². The van der Waals surface area contributed by atoms with Crippen LogP contribution in [-0.4, -0.2) is 59.9 Å². The zero-order valence-electron chi connectivity index (χ0n) is 41.5. The lowest BCUT2D eigenvalue weighted by atomic mass is 10.0. The van der Waals surface area contributed by atoms with E-state index in [0.29, 0.717) is 12.8 Å². The molecule has 66 heavy (non-hydrogen) atoms. The molecule has 11 nitrogen and oxygen atoms in total. The standard InChI is InChI=1S/C54H94NO10P/c1-3-5-7-9-11-13-15-17-19-21-23-24-25-26-28-29-31-33-35-37-39-41-43-45-52(56)62-47-50(48-63-66(60,61)64-49-51(55)54(58)59)65-53(57)46-44-42-40-38-36-34-32-30-27-22-20-18-16-14-12-10-8-6-4-2/h6,8,12,14-15,17-18,20-21,23,27,30,50-51H,3-5,7,9-11,13,16,19,22,24-26,28-29,31-49,55H2,1-2H3,(H,58,59)(H,60,61)/b8-6-,14-12-,17-15-,20-18-,23-21-,30-27-. The first-order chi connectivity index (χ1) is 32.1. The van der Waals surface area contributed by atoms with Crippen molar-refractivity contribution in [2.24, 2.45) is 5.73 Å². The SMILES string of the molecule is CC/C=C\C/C=C\C/C=C\C/C=C\CCCCCCCCC(=O)OC(COC(=O)CCCCCCCCCCCCC/C=C\C/C=C\CCCCCCC)COP(=O)(O)OCC(N)C(=O)O. The van der Waals surface area contributed by atoms with Crippen LogP contribution in [0.2, 0.25) is 0 Å². The van der Waals surface area contributed by atoms with Gasteiger partial charge in [-0.1, -0.05) is 196 Å². The summed E-state index contributed by atoms with van der Waals surface area (Å²) in [6.07, 6.45) is 59.6. The van der Waals surface area contributed by atoms with Crippen molar-refractivity contribution in [2.75, 3.05) is 19.8 Å². The molecule has 0 saturated carbocycles. The Hall–Kier alpha value is -3.08. The molecule has 0 spiro atoms. The third-order valence-electron chi connectivity index (χ3n) is 10.9. The summed E-state index contributed by atoms with van der Waals surface area (Å²) in [7, 11) is -4.73. The maximum Gasteiger partial charge on any atom is 0.472 e. The molecule has 0 aromatic carbocycles. The van der Waals surface area contributed by atoms with Gasteiger partial charge in [0.2, 0.25) is 0 Å². The Morgan fingerprint density at radius 2 is 0.848 bits per heavy atom. The summed E-state index contributed by atoms with van der Waals surface area (Å²) in [6, 6.07) is -1.53. The normalized spacial score (nSPS) is 14.1. The van der Waals surface area contributed by atoms with Crippen LogP contribution in [0.4, 0.5) is 0 Å². The molecule has 3 atom stereocenters. The highest BCUT2D eigenvalue weighted by molar-refractivity contribution is 7.47. The molecule has 0 aromatic heterocycles. The topological polar surface area (TPSA) is 172 Å². The molecule has 3 unspecified atom stereocenters. The Morgan fingerprint density at radius 1 is 0.485 bits per heavy atom. The number of carbonyl (C=O) groups is 3. The molecular formula is C54H94NO10P. The number of rotatable bonds is 48. The molecule has 0 aromatic rings. The maximum atomic E-state index is 12.7. The van der Waals surface area contributed by atoms with Gasteiger partial charge in [0.1, 0.15) is 12.6 Å². The van der Waals surface area contributed by atoms with Crippen molar-refractivity contribution in [3.63, 3.8) is 0 Å². The van der Waals surface area contributed by atoms with Crippen LogP contribution in [0.5, 0.6) is 0 Å². The van der Waals surface area contributed by atoms with E-state index in [9.17, 15) is 23.8 Å². The summed E-state index contributed by atoms with van der Waals surface area (Å²) in [4.78, 5) is 46.2. The number of phosphoric ester groups is 1. The second kappa shape index (κ2) is 48.4. The third kappa shape index (κ3) is 47.4. The van der Waals surface area contributed by atoms with Gasteiger partial charge in [-0.3, -0.25) is 23.4 Å². The molecule has 0 aliphatic heterocycles. The number of unbranched alkanes of at least 4 members (excludes halogenated alkanes) is 22. The number of carboxylic acids is 1. The number of hydrogen-bond acceptors (Lipinski definition) is 9. The van der Waals surface area contributed by atoms with Crippen molar-refractivity contribution in [2.45, 2.75) is 231 Å². The van der Waals surface area contributed by atoms with Crippen molar-refractivity contribution in [1.82, 2.24) is 0 Å². The van der Waals surface area contributed by atoms with Crippen LogP contribution in [0.25, 0.3) is 0 Å². The Labute approximate surface area is 401 Å². The minimum atomic E-state index is -4.73. The second-order valence-corrected chi connectivity index (χ2v) is 18.7. The number of ether oxygens (including phenoxy) is 2. The summed E-state index contributed by atoms with van der Waals surface area (Å²) < 4.78 is 32.9. The lowest BCUT2D eigenvalue weighted by Gasteiger charge is -2.20. The summed E-state index contributed by atoms with van der Waals surface area (Å²) >= 11 is 0. The molecule has 0 heterocycles. The fourth-order valence-electron chi connectivity index (χ4n) is 6.91. The van der Waals surface area contributed by atoms with Crippen LogP contribution < -0.4 is 5.73 Å². The van der Waals surface area contributed by atoms with Gasteiger partial charge in [-0.2, -0.15) is 0 Å².